The lowest BCUT2D eigenvalue weighted by molar-refractivity contribution is 0.313. The first-order chi connectivity index (χ1) is 11.6. The van der Waals surface area contributed by atoms with Crippen LogP contribution in [0.25, 0.3) is 0 Å². The Hall–Kier alpha value is -1.58. The van der Waals surface area contributed by atoms with E-state index in [0.29, 0.717) is 5.56 Å². The summed E-state index contributed by atoms with van der Waals surface area (Å²) in [7, 11) is 2.92. The minimum atomic E-state index is 0.0538. The van der Waals surface area contributed by atoms with Gasteiger partial charge in [0.1, 0.15) is 0 Å². The Morgan fingerprint density at radius 2 is 1.17 bits per heavy atom. The maximum Gasteiger partial charge on any atom is 0.207 e. The zero-order valence-electron chi connectivity index (χ0n) is 15.8. The van der Waals surface area contributed by atoms with Crippen LogP contribution < -0.4 is 9.47 Å². The number of phenols is 2. The Balaban J connectivity index is 2.50. The number of ether oxygens (including phenoxy) is 2. The molecule has 0 fully saturated rings. The predicted molar refractivity (Wildman–Crippen MR) is 98.5 cm³/mol. The number of methoxy groups -OCH3 is 2. The van der Waals surface area contributed by atoms with Gasteiger partial charge in [0.15, 0.2) is 11.5 Å². The molecule has 4 nitrogen and oxygen atoms in total. The van der Waals surface area contributed by atoms with Crippen LogP contribution in [0.5, 0.6) is 23.0 Å². The van der Waals surface area contributed by atoms with E-state index in [4.69, 9.17) is 9.47 Å². The SMILES string of the molecule is CCCCCCCCCCCc1c(C)c(O)c(OC)c(OC)c1O. The topological polar surface area (TPSA) is 58.9 Å². The molecular weight excluding hydrogens is 304 g/mol. The van der Waals surface area contributed by atoms with Gasteiger partial charge in [0.25, 0.3) is 0 Å². The number of aromatic hydroxyl groups is 2. The summed E-state index contributed by atoms with van der Waals surface area (Å²) in [5, 5.41) is 20.7. The molecule has 0 aliphatic heterocycles. The van der Waals surface area contributed by atoms with Crippen molar-refractivity contribution in [3.05, 3.63) is 11.1 Å². The third-order valence-electron chi connectivity index (χ3n) is 4.67. The standard InChI is InChI=1S/C20H34O4/c1-5-6-7-8-9-10-11-12-13-14-16-15(2)17(21)19(23-3)20(24-4)18(16)22/h21-22H,5-14H2,1-4H3. The molecule has 0 unspecified atom stereocenters. The van der Waals surface area contributed by atoms with Crippen molar-refractivity contribution in [3.63, 3.8) is 0 Å². The van der Waals surface area contributed by atoms with Gasteiger partial charge in [0.05, 0.1) is 14.2 Å². The van der Waals surface area contributed by atoms with Crippen LogP contribution in [-0.4, -0.2) is 24.4 Å². The molecule has 24 heavy (non-hydrogen) atoms. The number of hydrogen-bond acceptors (Lipinski definition) is 4. The van der Waals surface area contributed by atoms with Gasteiger partial charge in [-0.25, -0.2) is 0 Å². The lowest BCUT2D eigenvalue weighted by atomic mass is 9.98. The first-order valence-corrected chi connectivity index (χ1v) is 9.23. The zero-order valence-corrected chi connectivity index (χ0v) is 15.8. The Morgan fingerprint density at radius 3 is 1.67 bits per heavy atom. The van der Waals surface area contributed by atoms with Crippen molar-refractivity contribution in [3.8, 4) is 23.0 Å². The second kappa shape index (κ2) is 11.1. The van der Waals surface area contributed by atoms with Crippen molar-refractivity contribution in [2.75, 3.05) is 14.2 Å². The molecule has 0 atom stereocenters. The summed E-state index contributed by atoms with van der Waals surface area (Å²) in [5.74, 6) is 0.553. The van der Waals surface area contributed by atoms with Crippen LogP contribution in [0.1, 0.15) is 75.8 Å². The van der Waals surface area contributed by atoms with Crippen LogP contribution in [0, 0.1) is 6.92 Å². The molecule has 0 aromatic heterocycles. The van der Waals surface area contributed by atoms with Crippen LogP contribution in [0.3, 0.4) is 0 Å². The molecule has 0 heterocycles. The van der Waals surface area contributed by atoms with Crippen molar-refractivity contribution in [2.45, 2.75) is 78.1 Å². The van der Waals surface area contributed by atoms with Gasteiger partial charge in [-0.05, 0) is 19.8 Å². The van der Waals surface area contributed by atoms with Crippen molar-refractivity contribution in [1.29, 1.82) is 0 Å². The van der Waals surface area contributed by atoms with Gasteiger partial charge in [0, 0.05) is 11.1 Å². The fourth-order valence-corrected chi connectivity index (χ4v) is 3.14. The molecule has 2 N–H and O–H groups in total. The van der Waals surface area contributed by atoms with E-state index >= 15 is 0 Å². The highest BCUT2D eigenvalue weighted by Crippen LogP contribution is 2.48. The van der Waals surface area contributed by atoms with Crippen LogP contribution >= 0.6 is 0 Å². The van der Waals surface area contributed by atoms with E-state index in [1.54, 1.807) is 6.92 Å². The zero-order chi connectivity index (χ0) is 17.9. The van der Waals surface area contributed by atoms with E-state index in [1.807, 2.05) is 0 Å². The molecule has 1 aromatic rings. The third kappa shape index (κ3) is 5.50. The quantitative estimate of drug-likeness (QED) is 0.390. The summed E-state index contributed by atoms with van der Waals surface area (Å²) >= 11 is 0. The van der Waals surface area contributed by atoms with Gasteiger partial charge in [-0.2, -0.15) is 0 Å². The molecule has 1 rings (SSSR count). The molecule has 0 bridgehead atoms. The number of rotatable bonds is 12. The third-order valence-corrected chi connectivity index (χ3v) is 4.67. The maximum atomic E-state index is 10.4. The van der Waals surface area contributed by atoms with E-state index in [9.17, 15) is 10.2 Å². The van der Waals surface area contributed by atoms with Crippen LogP contribution in [0.15, 0.2) is 0 Å². The van der Waals surface area contributed by atoms with Gasteiger partial charge < -0.3 is 19.7 Å². The Bertz CT molecular complexity index is 497. The normalized spacial score (nSPS) is 10.8. The highest BCUT2D eigenvalue weighted by molar-refractivity contribution is 5.65. The fourth-order valence-electron chi connectivity index (χ4n) is 3.14. The highest BCUT2D eigenvalue weighted by atomic mass is 16.5. The van der Waals surface area contributed by atoms with Crippen molar-refractivity contribution < 1.29 is 19.7 Å². The van der Waals surface area contributed by atoms with Crippen molar-refractivity contribution >= 4 is 0 Å². The van der Waals surface area contributed by atoms with Crippen LogP contribution in [0.4, 0.5) is 0 Å². The highest BCUT2D eigenvalue weighted by Gasteiger charge is 2.22. The molecule has 0 spiro atoms. The molecule has 0 aliphatic carbocycles. The average molecular weight is 338 g/mol. The van der Waals surface area contributed by atoms with Gasteiger partial charge in [-0.1, -0.05) is 58.3 Å². The lowest BCUT2D eigenvalue weighted by Gasteiger charge is -2.17. The Labute approximate surface area is 146 Å². The van der Waals surface area contributed by atoms with Crippen LogP contribution in [0.2, 0.25) is 0 Å². The molecular formula is C20H34O4. The second-order valence-electron chi connectivity index (χ2n) is 6.45. The summed E-state index contributed by atoms with van der Waals surface area (Å²) in [6, 6.07) is 0. The maximum absolute atomic E-state index is 10.4. The summed E-state index contributed by atoms with van der Waals surface area (Å²) in [5.41, 5.74) is 1.43. The van der Waals surface area contributed by atoms with Gasteiger partial charge >= 0.3 is 0 Å². The minimum absolute atomic E-state index is 0.0538. The molecule has 0 aliphatic rings. The van der Waals surface area contributed by atoms with E-state index in [-0.39, 0.29) is 23.0 Å². The molecule has 0 radical (unpaired) electrons. The number of unbranched alkanes of at least 4 members (excludes halogenated alkanes) is 8. The van der Waals surface area contributed by atoms with E-state index < -0.39 is 0 Å². The smallest absolute Gasteiger partial charge is 0.207 e. The van der Waals surface area contributed by atoms with Crippen molar-refractivity contribution in [2.24, 2.45) is 0 Å². The average Bonchev–Trinajstić information content (AvgIpc) is 2.58. The van der Waals surface area contributed by atoms with Gasteiger partial charge in [0.2, 0.25) is 11.5 Å². The molecule has 1 aromatic carbocycles. The lowest BCUT2D eigenvalue weighted by Crippen LogP contribution is -1.99. The van der Waals surface area contributed by atoms with Crippen molar-refractivity contribution in [1.82, 2.24) is 0 Å². The largest absolute Gasteiger partial charge is 0.504 e. The first-order valence-electron chi connectivity index (χ1n) is 9.23. The molecule has 4 heteroatoms. The predicted octanol–water partition coefficient (Wildman–Crippen LogP) is 5.50. The molecule has 138 valence electrons. The second-order valence-corrected chi connectivity index (χ2v) is 6.45. The Morgan fingerprint density at radius 1 is 0.708 bits per heavy atom. The van der Waals surface area contributed by atoms with Crippen LogP contribution in [-0.2, 0) is 6.42 Å². The first kappa shape index (κ1) is 20.5. The monoisotopic (exact) mass is 338 g/mol. The summed E-state index contributed by atoms with van der Waals surface area (Å²) in [6.07, 6.45) is 12.0. The van der Waals surface area contributed by atoms with E-state index in [0.717, 1.165) is 24.8 Å². The fraction of sp³-hybridized carbons (Fsp3) is 0.700. The summed E-state index contributed by atoms with van der Waals surface area (Å²) < 4.78 is 10.3. The van der Waals surface area contributed by atoms with E-state index in [1.165, 1.54) is 59.2 Å². The number of phenolic OH excluding ortho intramolecular Hbond substituents is 2. The number of benzene rings is 1. The van der Waals surface area contributed by atoms with E-state index in [2.05, 4.69) is 6.92 Å². The minimum Gasteiger partial charge on any atom is -0.504 e. The summed E-state index contributed by atoms with van der Waals surface area (Å²) in [6.45, 7) is 4.05. The Kier molecular flexibility index (Phi) is 9.43. The summed E-state index contributed by atoms with van der Waals surface area (Å²) in [4.78, 5) is 0. The molecule has 0 saturated carbocycles. The molecule has 0 saturated heterocycles. The molecule has 0 amide bonds. The number of hydrogen-bond donors (Lipinski definition) is 2. The van der Waals surface area contributed by atoms with Gasteiger partial charge in [-0.15, -0.1) is 0 Å². The van der Waals surface area contributed by atoms with Gasteiger partial charge in [-0.3, -0.25) is 0 Å².